The van der Waals surface area contributed by atoms with Crippen molar-refractivity contribution in [2.24, 2.45) is 17.3 Å². The van der Waals surface area contributed by atoms with Crippen LogP contribution < -0.4 is 4.74 Å². The average Bonchev–Trinajstić information content (AvgIpc) is 2.82. The molecule has 3 aliphatic carbocycles. The van der Waals surface area contributed by atoms with Crippen molar-refractivity contribution in [2.45, 2.75) is 57.5 Å². The monoisotopic (exact) mass is 302 g/mol. The second kappa shape index (κ2) is 4.89. The highest BCUT2D eigenvalue weighted by molar-refractivity contribution is 5.49. The zero-order valence-electron chi connectivity index (χ0n) is 13.5. The number of aromatic hydroxyl groups is 1. The molecule has 0 heterocycles. The molecule has 0 saturated heterocycles. The van der Waals surface area contributed by atoms with Gasteiger partial charge in [0.05, 0.1) is 13.2 Å². The predicted octanol–water partition coefficient (Wildman–Crippen LogP) is 3.62. The summed E-state index contributed by atoms with van der Waals surface area (Å²) in [6.07, 6.45) is 6.51. The van der Waals surface area contributed by atoms with Gasteiger partial charge in [0.2, 0.25) is 0 Å². The first kappa shape index (κ1) is 14.4. The molecule has 120 valence electrons. The summed E-state index contributed by atoms with van der Waals surface area (Å²) < 4.78 is 5.32. The van der Waals surface area contributed by atoms with Gasteiger partial charge in [-0.15, -0.1) is 0 Å². The maximum absolute atomic E-state index is 10.4. The Hall–Kier alpha value is -1.22. The number of hydrogen-bond acceptors (Lipinski definition) is 3. The molecule has 1 aromatic rings. The van der Waals surface area contributed by atoms with Crippen molar-refractivity contribution in [1.82, 2.24) is 0 Å². The van der Waals surface area contributed by atoms with Crippen LogP contribution in [0.1, 0.15) is 56.1 Å². The molecule has 0 spiro atoms. The molecule has 0 aromatic heterocycles. The quantitative estimate of drug-likeness (QED) is 0.833. The molecule has 2 fully saturated rings. The second-order valence-corrected chi connectivity index (χ2v) is 7.78. The van der Waals surface area contributed by atoms with Gasteiger partial charge < -0.3 is 14.9 Å². The highest BCUT2D eigenvalue weighted by Crippen LogP contribution is 2.61. The molecule has 0 unspecified atom stereocenters. The van der Waals surface area contributed by atoms with Crippen LogP contribution in [0.15, 0.2) is 12.1 Å². The highest BCUT2D eigenvalue weighted by atomic mass is 16.5. The summed E-state index contributed by atoms with van der Waals surface area (Å²) >= 11 is 0. The summed E-state index contributed by atoms with van der Waals surface area (Å²) in [6, 6.07) is 3.97. The third-order valence-corrected chi connectivity index (χ3v) is 6.97. The van der Waals surface area contributed by atoms with Crippen LogP contribution in [-0.4, -0.2) is 23.4 Å². The topological polar surface area (TPSA) is 49.7 Å². The fourth-order valence-electron chi connectivity index (χ4n) is 5.72. The van der Waals surface area contributed by atoms with Crippen molar-refractivity contribution >= 4 is 0 Å². The molecule has 3 heteroatoms. The van der Waals surface area contributed by atoms with Gasteiger partial charge in [-0.1, -0.05) is 6.92 Å². The van der Waals surface area contributed by atoms with Gasteiger partial charge in [-0.3, -0.25) is 0 Å². The molecule has 2 saturated carbocycles. The Morgan fingerprint density at radius 3 is 2.77 bits per heavy atom. The van der Waals surface area contributed by atoms with Crippen LogP contribution in [0.5, 0.6) is 11.5 Å². The summed E-state index contributed by atoms with van der Waals surface area (Å²) in [5, 5.41) is 20.5. The minimum absolute atomic E-state index is 0.116. The van der Waals surface area contributed by atoms with E-state index in [1.165, 1.54) is 24.0 Å². The van der Waals surface area contributed by atoms with E-state index in [-0.39, 0.29) is 17.3 Å². The number of fused-ring (bicyclic) bond motifs is 5. The summed E-state index contributed by atoms with van der Waals surface area (Å²) in [5.41, 5.74) is 2.80. The number of rotatable bonds is 1. The molecular weight excluding hydrogens is 276 g/mol. The van der Waals surface area contributed by atoms with Gasteiger partial charge >= 0.3 is 0 Å². The standard InChI is InChI=1S/C19H26O3/c1-19-8-7-12-13(15(19)5-6-18(19)21)4-3-11-9-16(20)17(22-2)10-14(11)12/h9-10,12-13,15,18,20-21H,3-8H2,1-2H3/t12-,13-,15-,18+,19-/m0/s1. The number of phenolic OH excluding ortho intramolecular Hbond substituents is 1. The van der Waals surface area contributed by atoms with Crippen LogP contribution >= 0.6 is 0 Å². The molecule has 3 nitrogen and oxygen atoms in total. The Labute approximate surface area is 132 Å². The van der Waals surface area contributed by atoms with Crippen molar-refractivity contribution in [1.29, 1.82) is 0 Å². The minimum Gasteiger partial charge on any atom is -0.504 e. The van der Waals surface area contributed by atoms with Gasteiger partial charge in [0.1, 0.15) is 0 Å². The Morgan fingerprint density at radius 2 is 2.00 bits per heavy atom. The van der Waals surface area contributed by atoms with Crippen molar-refractivity contribution in [3.63, 3.8) is 0 Å². The van der Waals surface area contributed by atoms with Crippen LogP contribution in [-0.2, 0) is 6.42 Å². The fourth-order valence-corrected chi connectivity index (χ4v) is 5.72. The maximum Gasteiger partial charge on any atom is 0.160 e. The number of aliphatic hydroxyl groups excluding tert-OH is 1. The van der Waals surface area contributed by atoms with Gasteiger partial charge in [0.25, 0.3) is 0 Å². The lowest BCUT2D eigenvalue weighted by Crippen LogP contribution is -2.43. The van der Waals surface area contributed by atoms with Gasteiger partial charge in [-0.2, -0.15) is 0 Å². The Bertz CT molecular complexity index is 597. The molecule has 0 bridgehead atoms. The van der Waals surface area contributed by atoms with Gasteiger partial charge in [0.15, 0.2) is 11.5 Å². The van der Waals surface area contributed by atoms with Crippen LogP contribution in [0, 0.1) is 17.3 Å². The smallest absolute Gasteiger partial charge is 0.160 e. The van der Waals surface area contributed by atoms with E-state index in [9.17, 15) is 10.2 Å². The third-order valence-electron chi connectivity index (χ3n) is 6.97. The van der Waals surface area contributed by atoms with Gasteiger partial charge in [0, 0.05) is 0 Å². The van der Waals surface area contributed by atoms with Crippen LogP contribution in [0.2, 0.25) is 0 Å². The SMILES string of the molecule is COc1cc2c(cc1O)CC[C@H]1[C@@H]2CC[C@]2(C)[C@H](O)CC[C@@H]12. The van der Waals surface area contributed by atoms with E-state index in [1.54, 1.807) is 7.11 Å². The lowest BCUT2D eigenvalue weighted by atomic mass is 9.55. The molecule has 1 aromatic carbocycles. The van der Waals surface area contributed by atoms with E-state index in [2.05, 4.69) is 13.0 Å². The number of benzene rings is 1. The third kappa shape index (κ3) is 1.84. The molecule has 0 aliphatic heterocycles. The predicted molar refractivity (Wildman–Crippen MR) is 85.3 cm³/mol. The fraction of sp³-hybridized carbons (Fsp3) is 0.684. The van der Waals surface area contributed by atoms with E-state index in [4.69, 9.17) is 4.74 Å². The first-order valence-electron chi connectivity index (χ1n) is 8.62. The van der Waals surface area contributed by atoms with Crippen molar-refractivity contribution in [3.8, 4) is 11.5 Å². The molecular formula is C19H26O3. The van der Waals surface area contributed by atoms with Gasteiger partial charge in [-0.25, -0.2) is 0 Å². The molecule has 0 radical (unpaired) electrons. The number of ether oxygens (including phenoxy) is 1. The van der Waals surface area contributed by atoms with Gasteiger partial charge in [-0.05, 0) is 85.0 Å². The van der Waals surface area contributed by atoms with Crippen LogP contribution in [0.25, 0.3) is 0 Å². The average molecular weight is 302 g/mol. The number of phenols is 1. The molecule has 4 rings (SSSR count). The number of hydrogen-bond donors (Lipinski definition) is 2. The van der Waals surface area contributed by atoms with E-state index < -0.39 is 0 Å². The molecule has 2 N–H and O–H groups in total. The molecule has 5 atom stereocenters. The summed E-state index contributed by atoms with van der Waals surface area (Å²) in [4.78, 5) is 0. The molecule has 3 aliphatic rings. The number of aliphatic hydroxyl groups is 1. The largest absolute Gasteiger partial charge is 0.504 e. The zero-order chi connectivity index (χ0) is 15.5. The number of methoxy groups -OCH3 is 1. The number of aryl methyl sites for hydroxylation is 1. The normalized spacial score (nSPS) is 39.8. The Balaban J connectivity index is 1.72. The minimum atomic E-state index is -0.116. The lowest BCUT2D eigenvalue weighted by molar-refractivity contribution is -0.0226. The van der Waals surface area contributed by atoms with E-state index >= 15 is 0 Å². The first-order valence-corrected chi connectivity index (χ1v) is 8.62. The molecule has 22 heavy (non-hydrogen) atoms. The molecule has 0 amide bonds. The highest BCUT2D eigenvalue weighted by Gasteiger charge is 2.54. The Kier molecular flexibility index (Phi) is 3.19. The summed E-state index contributed by atoms with van der Waals surface area (Å²) in [5.74, 6) is 2.75. The van der Waals surface area contributed by atoms with Crippen molar-refractivity contribution in [3.05, 3.63) is 23.3 Å². The zero-order valence-corrected chi connectivity index (χ0v) is 13.5. The first-order chi connectivity index (χ1) is 10.5. The van der Waals surface area contributed by atoms with Crippen molar-refractivity contribution < 1.29 is 14.9 Å². The summed E-state index contributed by atoms with van der Waals surface area (Å²) in [6.45, 7) is 2.30. The Morgan fingerprint density at radius 1 is 1.18 bits per heavy atom. The lowest BCUT2D eigenvalue weighted by Gasteiger charge is -2.50. The second-order valence-electron chi connectivity index (χ2n) is 7.78. The maximum atomic E-state index is 10.4. The van der Waals surface area contributed by atoms with E-state index in [1.807, 2.05) is 6.07 Å². The van der Waals surface area contributed by atoms with Crippen LogP contribution in [0.4, 0.5) is 0 Å². The van der Waals surface area contributed by atoms with E-state index in [0.717, 1.165) is 25.7 Å². The van der Waals surface area contributed by atoms with Crippen LogP contribution in [0.3, 0.4) is 0 Å². The van der Waals surface area contributed by atoms with E-state index in [0.29, 0.717) is 23.5 Å². The van der Waals surface area contributed by atoms with Crippen molar-refractivity contribution in [2.75, 3.05) is 7.11 Å². The summed E-state index contributed by atoms with van der Waals surface area (Å²) in [7, 11) is 1.62.